The van der Waals surface area contributed by atoms with Gasteiger partial charge in [-0.3, -0.25) is 9.69 Å². The minimum Gasteiger partial charge on any atom is -0.468 e. The lowest BCUT2D eigenvalue weighted by atomic mass is 10.1. The third kappa shape index (κ3) is 3.69. The first kappa shape index (κ1) is 13.8. The normalized spacial score (nSPS) is 24.6. The van der Waals surface area contributed by atoms with E-state index in [4.69, 9.17) is 4.74 Å². The summed E-state index contributed by atoms with van der Waals surface area (Å²) in [7, 11) is 1.48. The van der Waals surface area contributed by atoms with Crippen molar-refractivity contribution >= 4 is 5.97 Å². The second kappa shape index (κ2) is 6.53. The number of carbonyl (C=O) groups excluding carboxylic acids is 1. The third-order valence-electron chi connectivity index (χ3n) is 4.20. The standard InChI is InChI=1S/C14H26N2O2/c1-11(16-8-4-3-5-9-16)10-15-13(12-6-7-12)14(17)18-2/h11-13,15H,3-10H2,1-2H3. The number of likely N-dealkylation sites (tertiary alicyclic amines) is 1. The Bertz CT molecular complexity index is 273. The number of hydrogen-bond acceptors (Lipinski definition) is 4. The molecule has 1 N–H and O–H groups in total. The molecule has 1 aliphatic heterocycles. The summed E-state index contributed by atoms with van der Waals surface area (Å²) in [5, 5.41) is 3.41. The van der Waals surface area contributed by atoms with E-state index >= 15 is 0 Å². The maximum Gasteiger partial charge on any atom is 0.323 e. The molecule has 1 saturated carbocycles. The van der Waals surface area contributed by atoms with E-state index in [1.807, 2.05) is 0 Å². The van der Waals surface area contributed by atoms with Crippen LogP contribution in [0.2, 0.25) is 0 Å². The Kier molecular flexibility index (Phi) is 5.01. The molecule has 0 aromatic carbocycles. The number of ether oxygens (including phenoxy) is 1. The Balaban J connectivity index is 1.75. The van der Waals surface area contributed by atoms with Crippen LogP contribution in [-0.2, 0) is 9.53 Å². The molecule has 2 atom stereocenters. The Hall–Kier alpha value is -0.610. The van der Waals surface area contributed by atoms with Crippen molar-refractivity contribution in [2.24, 2.45) is 5.92 Å². The molecule has 18 heavy (non-hydrogen) atoms. The Morgan fingerprint density at radius 2 is 2.00 bits per heavy atom. The summed E-state index contributed by atoms with van der Waals surface area (Å²) >= 11 is 0. The van der Waals surface area contributed by atoms with E-state index in [0.29, 0.717) is 12.0 Å². The molecule has 1 saturated heterocycles. The number of carbonyl (C=O) groups is 1. The zero-order valence-electron chi connectivity index (χ0n) is 11.7. The molecular weight excluding hydrogens is 228 g/mol. The van der Waals surface area contributed by atoms with E-state index in [1.165, 1.54) is 39.5 Å². The van der Waals surface area contributed by atoms with Gasteiger partial charge in [0.1, 0.15) is 6.04 Å². The van der Waals surface area contributed by atoms with Crippen LogP contribution in [0.25, 0.3) is 0 Å². The second-order valence-corrected chi connectivity index (χ2v) is 5.69. The summed E-state index contributed by atoms with van der Waals surface area (Å²) in [6.07, 6.45) is 6.31. The predicted molar refractivity (Wildman–Crippen MR) is 71.4 cm³/mol. The summed E-state index contributed by atoms with van der Waals surface area (Å²) in [4.78, 5) is 14.2. The molecule has 2 fully saturated rings. The topological polar surface area (TPSA) is 41.6 Å². The van der Waals surface area contributed by atoms with E-state index in [9.17, 15) is 4.79 Å². The van der Waals surface area contributed by atoms with Gasteiger partial charge in [0.15, 0.2) is 0 Å². The average Bonchev–Trinajstić information content (AvgIpc) is 3.24. The van der Waals surface area contributed by atoms with Gasteiger partial charge in [0.25, 0.3) is 0 Å². The Labute approximate surface area is 110 Å². The molecule has 0 bridgehead atoms. The molecule has 0 radical (unpaired) electrons. The summed E-state index contributed by atoms with van der Waals surface area (Å²) in [6.45, 7) is 5.54. The lowest BCUT2D eigenvalue weighted by molar-refractivity contribution is -0.143. The molecule has 4 heteroatoms. The van der Waals surface area contributed by atoms with E-state index in [1.54, 1.807) is 0 Å². The fraction of sp³-hybridized carbons (Fsp3) is 0.929. The van der Waals surface area contributed by atoms with Crippen molar-refractivity contribution in [2.75, 3.05) is 26.7 Å². The second-order valence-electron chi connectivity index (χ2n) is 5.69. The molecule has 0 amide bonds. The zero-order valence-corrected chi connectivity index (χ0v) is 11.7. The van der Waals surface area contributed by atoms with Gasteiger partial charge in [0, 0.05) is 12.6 Å². The molecule has 104 valence electrons. The van der Waals surface area contributed by atoms with Crippen LogP contribution in [0.4, 0.5) is 0 Å². The highest BCUT2D eigenvalue weighted by Gasteiger charge is 2.37. The minimum absolute atomic E-state index is 0.0813. The van der Waals surface area contributed by atoms with Crippen LogP contribution in [0.1, 0.15) is 39.0 Å². The fourth-order valence-electron chi connectivity index (χ4n) is 2.78. The van der Waals surface area contributed by atoms with E-state index in [0.717, 1.165) is 19.4 Å². The quantitative estimate of drug-likeness (QED) is 0.728. The summed E-state index contributed by atoms with van der Waals surface area (Å²) < 4.78 is 4.88. The molecule has 1 aliphatic carbocycles. The fourth-order valence-corrected chi connectivity index (χ4v) is 2.78. The highest BCUT2D eigenvalue weighted by Crippen LogP contribution is 2.33. The summed E-state index contributed by atoms with van der Waals surface area (Å²) in [5.41, 5.74) is 0. The number of methoxy groups -OCH3 is 1. The number of hydrogen-bond donors (Lipinski definition) is 1. The number of nitrogens with zero attached hydrogens (tertiary/aromatic N) is 1. The van der Waals surface area contributed by atoms with Crippen LogP contribution in [0.3, 0.4) is 0 Å². The first-order valence-corrected chi connectivity index (χ1v) is 7.27. The first-order valence-electron chi connectivity index (χ1n) is 7.27. The maximum atomic E-state index is 11.7. The molecule has 0 spiro atoms. The highest BCUT2D eigenvalue weighted by molar-refractivity contribution is 5.76. The van der Waals surface area contributed by atoms with Gasteiger partial charge in [-0.15, -0.1) is 0 Å². The Morgan fingerprint density at radius 1 is 1.33 bits per heavy atom. The van der Waals surface area contributed by atoms with Gasteiger partial charge < -0.3 is 10.1 Å². The van der Waals surface area contributed by atoms with Crippen molar-refractivity contribution in [3.8, 4) is 0 Å². The lowest BCUT2D eigenvalue weighted by Gasteiger charge is -2.33. The molecule has 0 aromatic heterocycles. The number of piperidine rings is 1. The summed E-state index contributed by atoms with van der Waals surface area (Å²) in [6, 6.07) is 0.429. The molecular formula is C14H26N2O2. The van der Waals surface area contributed by atoms with Gasteiger partial charge in [-0.25, -0.2) is 0 Å². The van der Waals surface area contributed by atoms with Gasteiger partial charge in [-0.2, -0.15) is 0 Å². The summed E-state index contributed by atoms with van der Waals surface area (Å²) in [5.74, 6) is 0.411. The number of esters is 1. The van der Waals surface area contributed by atoms with Gasteiger partial charge in [-0.1, -0.05) is 6.42 Å². The minimum atomic E-state index is -0.0941. The van der Waals surface area contributed by atoms with Gasteiger partial charge >= 0.3 is 5.97 Å². The van der Waals surface area contributed by atoms with Crippen molar-refractivity contribution in [3.63, 3.8) is 0 Å². The average molecular weight is 254 g/mol. The number of nitrogens with one attached hydrogen (secondary N) is 1. The monoisotopic (exact) mass is 254 g/mol. The zero-order chi connectivity index (χ0) is 13.0. The maximum absolute atomic E-state index is 11.7. The van der Waals surface area contributed by atoms with Crippen molar-refractivity contribution in [1.82, 2.24) is 10.2 Å². The largest absolute Gasteiger partial charge is 0.468 e. The van der Waals surface area contributed by atoms with Crippen LogP contribution in [0.5, 0.6) is 0 Å². The molecule has 4 nitrogen and oxygen atoms in total. The van der Waals surface area contributed by atoms with Crippen molar-refractivity contribution in [2.45, 2.75) is 51.1 Å². The van der Waals surface area contributed by atoms with Crippen molar-refractivity contribution in [1.29, 1.82) is 0 Å². The lowest BCUT2D eigenvalue weighted by Crippen LogP contribution is -2.48. The van der Waals surface area contributed by atoms with Crippen LogP contribution in [0.15, 0.2) is 0 Å². The van der Waals surface area contributed by atoms with Gasteiger partial charge in [0.2, 0.25) is 0 Å². The Morgan fingerprint density at radius 3 is 2.56 bits per heavy atom. The van der Waals surface area contributed by atoms with Crippen LogP contribution < -0.4 is 5.32 Å². The van der Waals surface area contributed by atoms with Crippen molar-refractivity contribution < 1.29 is 9.53 Å². The van der Waals surface area contributed by atoms with Gasteiger partial charge in [-0.05, 0) is 51.6 Å². The SMILES string of the molecule is COC(=O)C(NCC(C)N1CCCCC1)C1CC1. The van der Waals surface area contributed by atoms with E-state index in [-0.39, 0.29) is 12.0 Å². The predicted octanol–water partition coefficient (Wildman–Crippen LogP) is 1.40. The van der Waals surface area contributed by atoms with Crippen LogP contribution in [-0.4, -0.2) is 49.7 Å². The smallest absolute Gasteiger partial charge is 0.323 e. The van der Waals surface area contributed by atoms with E-state index < -0.39 is 0 Å². The molecule has 2 unspecified atom stereocenters. The molecule has 2 rings (SSSR count). The van der Waals surface area contributed by atoms with Crippen LogP contribution in [0, 0.1) is 5.92 Å². The molecule has 1 heterocycles. The first-order chi connectivity index (χ1) is 8.72. The van der Waals surface area contributed by atoms with Crippen LogP contribution >= 0.6 is 0 Å². The third-order valence-corrected chi connectivity index (χ3v) is 4.20. The van der Waals surface area contributed by atoms with E-state index in [2.05, 4.69) is 17.1 Å². The number of rotatable bonds is 6. The molecule has 2 aliphatic rings. The van der Waals surface area contributed by atoms with Gasteiger partial charge in [0.05, 0.1) is 7.11 Å². The molecule has 0 aromatic rings. The van der Waals surface area contributed by atoms with Crippen molar-refractivity contribution in [3.05, 3.63) is 0 Å². The highest BCUT2D eigenvalue weighted by atomic mass is 16.5.